The standard InChI is InChI=1S/C20H22ClN3O4/c1-10-8-11(21)9-12-16(10)22-19(27)20(12)15-14(13-4-3-5-24(13)20)17(25)23(18(15)26)6-7-28-2/h8-9,13-15H,3-7H2,1-2H3,(H,22,27). The van der Waals surface area contributed by atoms with Gasteiger partial charge in [0.25, 0.3) is 0 Å². The molecule has 8 heteroatoms. The van der Waals surface area contributed by atoms with Crippen LogP contribution in [0.4, 0.5) is 5.69 Å². The average molecular weight is 404 g/mol. The Morgan fingerprint density at radius 1 is 1.29 bits per heavy atom. The monoisotopic (exact) mass is 403 g/mol. The molecule has 1 aromatic carbocycles. The molecule has 1 N–H and O–H groups in total. The molecule has 3 fully saturated rings. The number of anilines is 1. The van der Waals surface area contributed by atoms with E-state index in [1.54, 1.807) is 12.1 Å². The van der Waals surface area contributed by atoms with E-state index in [2.05, 4.69) is 10.2 Å². The molecule has 4 aliphatic heterocycles. The molecule has 0 saturated carbocycles. The third kappa shape index (κ3) is 1.99. The van der Waals surface area contributed by atoms with Crippen molar-refractivity contribution in [2.24, 2.45) is 11.8 Å². The summed E-state index contributed by atoms with van der Waals surface area (Å²) in [6.45, 7) is 3.08. The molecule has 28 heavy (non-hydrogen) atoms. The number of hydrogen-bond donors (Lipinski definition) is 1. The fraction of sp³-hybridized carbons (Fsp3) is 0.550. The lowest BCUT2D eigenvalue weighted by molar-refractivity contribution is -0.146. The summed E-state index contributed by atoms with van der Waals surface area (Å²) in [5, 5.41) is 3.53. The Hall–Kier alpha value is -1.96. The molecule has 4 atom stereocenters. The number of methoxy groups -OCH3 is 1. The third-order valence-corrected chi connectivity index (χ3v) is 7.09. The summed E-state index contributed by atoms with van der Waals surface area (Å²) in [5.41, 5.74) is 1.15. The predicted molar refractivity (Wildman–Crippen MR) is 102 cm³/mol. The van der Waals surface area contributed by atoms with Gasteiger partial charge in [0, 0.05) is 29.4 Å². The van der Waals surface area contributed by atoms with E-state index in [1.807, 2.05) is 6.92 Å². The van der Waals surface area contributed by atoms with Crippen molar-refractivity contribution < 1.29 is 19.1 Å². The number of amides is 3. The van der Waals surface area contributed by atoms with Crippen LogP contribution in [0.25, 0.3) is 0 Å². The lowest BCUT2D eigenvalue weighted by Crippen LogP contribution is -2.54. The zero-order chi connectivity index (χ0) is 19.8. The number of carbonyl (C=O) groups is 3. The van der Waals surface area contributed by atoms with Crippen LogP contribution in [0.5, 0.6) is 0 Å². The Morgan fingerprint density at radius 2 is 2.07 bits per heavy atom. The van der Waals surface area contributed by atoms with Crippen LogP contribution >= 0.6 is 11.6 Å². The van der Waals surface area contributed by atoms with E-state index in [0.29, 0.717) is 11.6 Å². The minimum absolute atomic E-state index is 0.106. The van der Waals surface area contributed by atoms with Crippen LogP contribution < -0.4 is 5.32 Å². The number of imide groups is 1. The number of likely N-dealkylation sites (tertiary alicyclic amines) is 1. The first kappa shape index (κ1) is 18.1. The quantitative estimate of drug-likeness (QED) is 0.774. The lowest BCUT2D eigenvalue weighted by Gasteiger charge is -2.36. The number of benzene rings is 1. The minimum atomic E-state index is -1.16. The van der Waals surface area contributed by atoms with Gasteiger partial charge < -0.3 is 10.1 Å². The van der Waals surface area contributed by atoms with Crippen LogP contribution in [0.3, 0.4) is 0 Å². The SMILES string of the molecule is COCCN1C(=O)C2C3CCCN3C3(C(=O)Nc4c(C)cc(Cl)cc43)C2C1=O. The molecule has 0 aromatic heterocycles. The number of ether oxygens (including phenoxy) is 1. The predicted octanol–water partition coefficient (Wildman–Crippen LogP) is 1.52. The second-order valence-electron chi connectivity index (χ2n) is 8.09. The molecule has 0 bridgehead atoms. The van der Waals surface area contributed by atoms with Gasteiger partial charge in [0.1, 0.15) is 5.54 Å². The van der Waals surface area contributed by atoms with E-state index in [0.717, 1.165) is 29.7 Å². The minimum Gasteiger partial charge on any atom is -0.383 e. The fourth-order valence-corrected chi connectivity index (χ4v) is 6.17. The van der Waals surface area contributed by atoms with Gasteiger partial charge in [-0.25, -0.2) is 0 Å². The van der Waals surface area contributed by atoms with Crippen LogP contribution in [0.2, 0.25) is 5.02 Å². The maximum atomic E-state index is 13.5. The largest absolute Gasteiger partial charge is 0.383 e. The number of nitrogens with zero attached hydrogens (tertiary/aromatic N) is 2. The van der Waals surface area contributed by atoms with Crippen LogP contribution in [0, 0.1) is 18.8 Å². The fourth-order valence-electron chi connectivity index (χ4n) is 5.90. The maximum absolute atomic E-state index is 13.5. The van der Waals surface area contributed by atoms with Gasteiger partial charge in [-0.3, -0.25) is 24.2 Å². The average Bonchev–Trinajstić information content (AvgIpc) is 3.34. The summed E-state index contributed by atoms with van der Waals surface area (Å²) in [6.07, 6.45) is 1.71. The molecule has 0 radical (unpaired) electrons. The van der Waals surface area contributed by atoms with Gasteiger partial charge in [0.05, 0.1) is 25.0 Å². The first-order valence-corrected chi connectivity index (χ1v) is 10.0. The van der Waals surface area contributed by atoms with Gasteiger partial charge in [-0.15, -0.1) is 0 Å². The molecule has 4 unspecified atom stereocenters. The highest BCUT2D eigenvalue weighted by molar-refractivity contribution is 6.31. The normalized spacial score (nSPS) is 33.6. The molecule has 1 aromatic rings. The summed E-state index contributed by atoms with van der Waals surface area (Å²) < 4.78 is 5.08. The van der Waals surface area contributed by atoms with Crippen molar-refractivity contribution in [3.63, 3.8) is 0 Å². The molecule has 1 spiro atoms. The van der Waals surface area contributed by atoms with Crippen LogP contribution in [0.1, 0.15) is 24.0 Å². The Morgan fingerprint density at radius 3 is 2.82 bits per heavy atom. The molecular formula is C20H22ClN3O4. The van der Waals surface area contributed by atoms with E-state index in [1.165, 1.54) is 12.0 Å². The topological polar surface area (TPSA) is 79.0 Å². The number of fused-ring (bicyclic) bond motifs is 7. The summed E-state index contributed by atoms with van der Waals surface area (Å²) >= 11 is 6.35. The molecule has 3 saturated heterocycles. The maximum Gasteiger partial charge on any atom is 0.250 e. The summed E-state index contributed by atoms with van der Waals surface area (Å²) in [5.74, 6) is -1.89. The number of halogens is 1. The van der Waals surface area contributed by atoms with Crippen molar-refractivity contribution in [1.29, 1.82) is 0 Å². The van der Waals surface area contributed by atoms with Gasteiger partial charge >= 0.3 is 0 Å². The first-order chi connectivity index (χ1) is 13.4. The molecule has 4 aliphatic rings. The van der Waals surface area contributed by atoms with Gasteiger partial charge in [-0.05, 0) is 44.0 Å². The van der Waals surface area contributed by atoms with Crippen LogP contribution in [0.15, 0.2) is 12.1 Å². The van der Waals surface area contributed by atoms with Gasteiger partial charge in [0.15, 0.2) is 0 Å². The molecule has 3 amide bonds. The van der Waals surface area contributed by atoms with Crippen molar-refractivity contribution in [3.05, 3.63) is 28.3 Å². The molecule has 7 nitrogen and oxygen atoms in total. The van der Waals surface area contributed by atoms with Crippen molar-refractivity contribution in [2.75, 3.05) is 32.1 Å². The van der Waals surface area contributed by atoms with E-state index in [9.17, 15) is 14.4 Å². The molecule has 148 valence electrons. The number of carbonyl (C=O) groups excluding carboxylic acids is 3. The van der Waals surface area contributed by atoms with Crippen molar-refractivity contribution in [3.8, 4) is 0 Å². The van der Waals surface area contributed by atoms with Gasteiger partial charge in [-0.2, -0.15) is 0 Å². The second-order valence-corrected chi connectivity index (χ2v) is 8.53. The van der Waals surface area contributed by atoms with E-state index in [-0.39, 0.29) is 36.9 Å². The zero-order valence-corrected chi connectivity index (χ0v) is 16.6. The smallest absolute Gasteiger partial charge is 0.250 e. The molecular weight excluding hydrogens is 382 g/mol. The Bertz CT molecular complexity index is 919. The van der Waals surface area contributed by atoms with E-state index < -0.39 is 17.4 Å². The first-order valence-electron chi connectivity index (χ1n) is 9.66. The highest BCUT2D eigenvalue weighted by atomic mass is 35.5. The highest BCUT2D eigenvalue weighted by Crippen LogP contribution is 2.60. The number of rotatable bonds is 3. The van der Waals surface area contributed by atoms with Crippen molar-refractivity contribution in [1.82, 2.24) is 9.80 Å². The van der Waals surface area contributed by atoms with Gasteiger partial charge in [0.2, 0.25) is 17.7 Å². The molecule has 0 aliphatic carbocycles. The number of hydrogen-bond acceptors (Lipinski definition) is 5. The Balaban J connectivity index is 1.71. The lowest BCUT2D eigenvalue weighted by atomic mass is 9.75. The molecule has 5 rings (SSSR count). The van der Waals surface area contributed by atoms with Crippen LogP contribution in [-0.2, 0) is 24.7 Å². The Labute approximate surface area is 167 Å². The molecule has 4 heterocycles. The Kier molecular flexibility index (Phi) is 3.89. The van der Waals surface area contributed by atoms with Crippen molar-refractivity contribution in [2.45, 2.75) is 31.3 Å². The van der Waals surface area contributed by atoms with Crippen molar-refractivity contribution >= 4 is 35.0 Å². The number of nitrogens with one attached hydrogen (secondary N) is 1. The van der Waals surface area contributed by atoms with Crippen LogP contribution in [-0.4, -0.2) is 60.4 Å². The highest BCUT2D eigenvalue weighted by Gasteiger charge is 2.74. The second kappa shape index (κ2) is 6.02. The van der Waals surface area contributed by atoms with Gasteiger partial charge in [-0.1, -0.05) is 11.6 Å². The number of aryl methyl sites for hydroxylation is 1. The summed E-state index contributed by atoms with van der Waals surface area (Å²) in [4.78, 5) is 43.5. The summed E-state index contributed by atoms with van der Waals surface area (Å²) in [6, 6.07) is 3.49. The van der Waals surface area contributed by atoms with E-state index in [4.69, 9.17) is 16.3 Å². The zero-order valence-electron chi connectivity index (χ0n) is 15.8. The third-order valence-electron chi connectivity index (χ3n) is 6.87. The summed E-state index contributed by atoms with van der Waals surface area (Å²) in [7, 11) is 1.54. The van der Waals surface area contributed by atoms with E-state index >= 15 is 0 Å².